The second-order valence-corrected chi connectivity index (χ2v) is 9.50. The van der Waals surface area contributed by atoms with Crippen molar-refractivity contribution in [3.63, 3.8) is 0 Å². The Morgan fingerprint density at radius 2 is 1.77 bits per heavy atom. The molecule has 35 heavy (non-hydrogen) atoms. The lowest BCUT2D eigenvalue weighted by molar-refractivity contribution is -0.115. The molecule has 5 rings (SSSR count). The predicted molar refractivity (Wildman–Crippen MR) is 140 cm³/mol. The number of thiazole rings is 1. The Hall–Kier alpha value is -3.82. The first-order valence-corrected chi connectivity index (χ1v) is 12.9. The second-order valence-electron chi connectivity index (χ2n) is 7.72. The molecule has 3 aromatic heterocycles. The van der Waals surface area contributed by atoms with Crippen LogP contribution >= 0.6 is 23.1 Å². The van der Waals surface area contributed by atoms with Gasteiger partial charge in [-0.1, -0.05) is 60.3 Å². The molecule has 0 spiro atoms. The van der Waals surface area contributed by atoms with Gasteiger partial charge in [-0.2, -0.15) is 0 Å². The summed E-state index contributed by atoms with van der Waals surface area (Å²) in [4.78, 5) is 23.0. The van der Waals surface area contributed by atoms with E-state index in [2.05, 4.69) is 31.9 Å². The summed E-state index contributed by atoms with van der Waals surface area (Å²) in [6.07, 6.45) is 3.54. The lowest BCUT2D eigenvalue weighted by atomic mass is 10.2. The first-order valence-electron chi connectivity index (χ1n) is 11.0. The third-order valence-electron chi connectivity index (χ3n) is 5.23. The van der Waals surface area contributed by atoms with Crippen LogP contribution in [0.1, 0.15) is 18.2 Å². The Morgan fingerprint density at radius 1 is 1.00 bits per heavy atom. The predicted octanol–water partition coefficient (Wildman–Crippen LogP) is 5.82. The maximum atomic E-state index is 12.3. The Bertz CT molecular complexity index is 1400. The lowest BCUT2D eigenvalue weighted by Crippen LogP contribution is -2.22. The molecule has 1 amide bonds. The molecule has 0 atom stereocenters. The number of thioether (sulfide) groups is 1. The fraction of sp³-hybridized carbons (Fsp3) is 0.115. The van der Waals surface area contributed by atoms with E-state index < -0.39 is 0 Å². The van der Waals surface area contributed by atoms with Crippen LogP contribution in [0.15, 0.2) is 95.7 Å². The zero-order valence-corrected chi connectivity index (χ0v) is 20.6. The fourth-order valence-corrected chi connectivity index (χ4v) is 5.44. The number of hydrogen-bond acceptors (Lipinski definition) is 7. The van der Waals surface area contributed by atoms with Gasteiger partial charge in [-0.05, 0) is 29.8 Å². The number of carbonyl (C=O) groups excluding carboxylic acids is 1. The molecular weight excluding hydrogens is 476 g/mol. The SMILES string of the molecule is CC(=O)N(c1ccccc1)c1nc(CSc2nnc(-c3cccnc3)n2Cc2ccccc2)cs1. The van der Waals surface area contributed by atoms with Gasteiger partial charge in [-0.3, -0.25) is 19.2 Å². The highest BCUT2D eigenvalue weighted by Crippen LogP contribution is 2.32. The number of nitrogens with zero attached hydrogens (tertiary/aromatic N) is 6. The van der Waals surface area contributed by atoms with Gasteiger partial charge in [0.2, 0.25) is 5.91 Å². The number of amides is 1. The molecule has 0 saturated carbocycles. The van der Waals surface area contributed by atoms with Crippen LogP contribution in [0.5, 0.6) is 0 Å². The summed E-state index contributed by atoms with van der Waals surface area (Å²) >= 11 is 3.03. The van der Waals surface area contributed by atoms with E-state index in [-0.39, 0.29) is 5.91 Å². The van der Waals surface area contributed by atoms with E-state index >= 15 is 0 Å². The molecule has 0 fully saturated rings. The molecule has 7 nitrogen and oxygen atoms in total. The average molecular weight is 499 g/mol. The number of hydrogen-bond donors (Lipinski definition) is 0. The summed E-state index contributed by atoms with van der Waals surface area (Å²) in [6.45, 7) is 2.20. The number of aromatic nitrogens is 5. The van der Waals surface area contributed by atoms with E-state index in [4.69, 9.17) is 4.98 Å². The van der Waals surface area contributed by atoms with Gasteiger partial charge in [-0.25, -0.2) is 4.98 Å². The van der Waals surface area contributed by atoms with Gasteiger partial charge < -0.3 is 0 Å². The van der Waals surface area contributed by atoms with Crippen molar-refractivity contribution in [3.8, 4) is 11.4 Å². The fourth-order valence-electron chi connectivity index (χ4n) is 3.62. The van der Waals surface area contributed by atoms with E-state index in [1.807, 2.05) is 66.0 Å². The van der Waals surface area contributed by atoms with Crippen molar-refractivity contribution in [2.24, 2.45) is 0 Å². The summed E-state index contributed by atoms with van der Waals surface area (Å²) in [6, 6.07) is 23.7. The summed E-state index contributed by atoms with van der Waals surface area (Å²) < 4.78 is 2.11. The first-order chi connectivity index (χ1) is 17.2. The Balaban J connectivity index is 1.39. The zero-order valence-electron chi connectivity index (χ0n) is 19.0. The van der Waals surface area contributed by atoms with Crippen LogP contribution < -0.4 is 4.90 Å². The molecule has 0 saturated heterocycles. The molecule has 0 bridgehead atoms. The topological polar surface area (TPSA) is 76.8 Å². The van der Waals surface area contributed by atoms with Gasteiger partial charge >= 0.3 is 0 Å². The molecule has 0 aliphatic carbocycles. The van der Waals surface area contributed by atoms with Crippen LogP contribution in [-0.2, 0) is 17.1 Å². The largest absolute Gasteiger partial charge is 0.297 e. The van der Waals surface area contributed by atoms with E-state index in [1.165, 1.54) is 11.3 Å². The third kappa shape index (κ3) is 5.31. The highest BCUT2D eigenvalue weighted by atomic mass is 32.2. The Labute approximate surface area is 211 Å². The van der Waals surface area contributed by atoms with Crippen molar-refractivity contribution < 1.29 is 4.79 Å². The molecule has 0 N–H and O–H groups in total. The van der Waals surface area contributed by atoms with Crippen LogP contribution in [0.2, 0.25) is 0 Å². The van der Waals surface area contributed by atoms with Gasteiger partial charge in [0.05, 0.1) is 17.9 Å². The van der Waals surface area contributed by atoms with Crippen molar-refractivity contribution in [1.82, 2.24) is 24.7 Å². The standard InChI is InChI=1S/C26H22N6OS2/c1-19(33)32(23-12-6-3-7-13-23)25-28-22(17-34-25)18-35-26-30-29-24(21-11-8-14-27-15-21)31(26)16-20-9-4-2-5-10-20/h2-15,17H,16,18H2,1H3. The highest BCUT2D eigenvalue weighted by Gasteiger charge is 2.19. The van der Waals surface area contributed by atoms with E-state index in [0.717, 1.165) is 33.5 Å². The number of benzene rings is 2. The molecule has 3 heterocycles. The average Bonchev–Trinajstić information content (AvgIpc) is 3.51. The molecule has 174 valence electrons. The van der Waals surface area contributed by atoms with Crippen LogP contribution in [0.3, 0.4) is 0 Å². The van der Waals surface area contributed by atoms with Crippen molar-refractivity contribution in [2.75, 3.05) is 4.90 Å². The molecule has 5 aromatic rings. The van der Waals surface area contributed by atoms with Crippen LogP contribution in [0.4, 0.5) is 10.8 Å². The third-order valence-corrected chi connectivity index (χ3v) is 7.10. The molecule has 9 heteroatoms. The summed E-state index contributed by atoms with van der Waals surface area (Å²) in [5.74, 6) is 1.31. The number of para-hydroxylation sites is 1. The number of rotatable bonds is 8. The van der Waals surface area contributed by atoms with Crippen molar-refractivity contribution in [1.29, 1.82) is 0 Å². The lowest BCUT2D eigenvalue weighted by Gasteiger charge is -2.17. The molecule has 0 aliphatic rings. The van der Waals surface area contributed by atoms with Crippen molar-refractivity contribution in [2.45, 2.75) is 24.4 Å². The molecule has 2 aromatic carbocycles. The first kappa shape index (κ1) is 22.9. The van der Waals surface area contributed by atoms with Crippen molar-refractivity contribution >= 4 is 39.8 Å². The summed E-state index contributed by atoms with van der Waals surface area (Å²) in [5, 5.41) is 12.4. The minimum Gasteiger partial charge on any atom is -0.297 e. The zero-order chi connectivity index (χ0) is 24.0. The van der Waals surface area contributed by atoms with Gasteiger partial charge in [0, 0.05) is 36.0 Å². The highest BCUT2D eigenvalue weighted by molar-refractivity contribution is 7.98. The Morgan fingerprint density at radius 3 is 2.49 bits per heavy atom. The van der Waals surface area contributed by atoms with Crippen LogP contribution in [0, 0.1) is 0 Å². The van der Waals surface area contributed by atoms with E-state index in [0.29, 0.717) is 17.4 Å². The number of pyridine rings is 1. The molecule has 0 unspecified atom stereocenters. The van der Waals surface area contributed by atoms with Gasteiger partial charge in [0.25, 0.3) is 0 Å². The monoisotopic (exact) mass is 498 g/mol. The maximum Gasteiger partial charge on any atom is 0.230 e. The molecule has 0 aliphatic heterocycles. The van der Waals surface area contributed by atoms with Gasteiger partial charge in [0.1, 0.15) is 0 Å². The molecular formula is C26H22N6OS2. The molecule has 0 radical (unpaired) electrons. The van der Waals surface area contributed by atoms with Crippen LogP contribution in [-0.4, -0.2) is 30.6 Å². The minimum absolute atomic E-state index is 0.0755. The number of carbonyl (C=O) groups is 1. The van der Waals surface area contributed by atoms with Crippen molar-refractivity contribution in [3.05, 3.63) is 102 Å². The second kappa shape index (κ2) is 10.6. The van der Waals surface area contributed by atoms with Gasteiger partial charge in [-0.15, -0.1) is 21.5 Å². The van der Waals surface area contributed by atoms with E-state index in [9.17, 15) is 4.79 Å². The van der Waals surface area contributed by atoms with Gasteiger partial charge in [0.15, 0.2) is 16.1 Å². The summed E-state index contributed by atoms with van der Waals surface area (Å²) in [7, 11) is 0. The summed E-state index contributed by atoms with van der Waals surface area (Å²) in [5.41, 5.74) is 3.76. The number of anilines is 2. The van der Waals surface area contributed by atoms with Crippen LogP contribution in [0.25, 0.3) is 11.4 Å². The van der Waals surface area contributed by atoms with E-state index in [1.54, 1.807) is 36.0 Å². The Kier molecular flexibility index (Phi) is 6.97. The quantitative estimate of drug-likeness (QED) is 0.251. The smallest absolute Gasteiger partial charge is 0.230 e. The minimum atomic E-state index is -0.0755. The maximum absolute atomic E-state index is 12.3. The normalized spacial score (nSPS) is 10.9.